The summed E-state index contributed by atoms with van der Waals surface area (Å²) in [7, 11) is 0. The van der Waals surface area contributed by atoms with E-state index in [1.165, 1.54) is 12.8 Å². The van der Waals surface area contributed by atoms with E-state index in [2.05, 4.69) is 12.2 Å². The van der Waals surface area contributed by atoms with Crippen molar-refractivity contribution in [1.29, 1.82) is 0 Å². The Balaban J connectivity index is 1.75. The van der Waals surface area contributed by atoms with E-state index in [-0.39, 0.29) is 18.0 Å². The van der Waals surface area contributed by atoms with Crippen molar-refractivity contribution in [3.8, 4) is 0 Å². The molecule has 2 N–H and O–H groups in total. The van der Waals surface area contributed by atoms with Gasteiger partial charge in [-0.15, -0.1) is 0 Å². The molecule has 0 radical (unpaired) electrons. The Morgan fingerprint density at radius 2 is 1.95 bits per heavy atom. The van der Waals surface area contributed by atoms with Crippen LogP contribution in [0.25, 0.3) is 0 Å². The van der Waals surface area contributed by atoms with Gasteiger partial charge in [-0.25, -0.2) is 4.79 Å². The Morgan fingerprint density at radius 1 is 1.24 bits per heavy atom. The molecule has 2 aliphatic rings. The lowest BCUT2D eigenvalue weighted by molar-refractivity contribution is -0.143. The van der Waals surface area contributed by atoms with Crippen LogP contribution in [0.5, 0.6) is 0 Å². The number of hydrogen-bond donors (Lipinski definition) is 2. The Bertz CT molecular complexity index is 368. The van der Waals surface area contributed by atoms with E-state index in [9.17, 15) is 9.59 Å². The first-order valence-electron chi connectivity index (χ1n) is 8.00. The zero-order chi connectivity index (χ0) is 15.2. The predicted molar refractivity (Wildman–Crippen MR) is 84.6 cm³/mol. The van der Waals surface area contributed by atoms with Gasteiger partial charge in [-0.2, -0.15) is 11.8 Å². The zero-order valence-corrected chi connectivity index (χ0v) is 13.5. The molecular weight excluding hydrogens is 288 g/mol. The summed E-state index contributed by atoms with van der Waals surface area (Å²) in [4.78, 5) is 25.0. The van der Waals surface area contributed by atoms with E-state index in [4.69, 9.17) is 5.11 Å². The van der Waals surface area contributed by atoms with E-state index < -0.39 is 5.97 Å². The normalized spacial score (nSPS) is 27.4. The van der Waals surface area contributed by atoms with E-state index in [1.807, 2.05) is 11.8 Å². The Hall–Kier alpha value is -0.910. The fourth-order valence-corrected chi connectivity index (χ4v) is 4.43. The van der Waals surface area contributed by atoms with Gasteiger partial charge in [-0.1, -0.05) is 13.3 Å². The molecule has 2 amide bonds. The summed E-state index contributed by atoms with van der Waals surface area (Å²) in [6, 6.07) is 0.276. The molecule has 2 fully saturated rings. The number of carbonyl (C=O) groups is 2. The maximum absolute atomic E-state index is 12.3. The monoisotopic (exact) mass is 314 g/mol. The molecule has 120 valence electrons. The quantitative estimate of drug-likeness (QED) is 0.837. The number of carboxylic acid groups (broad SMARTS) is 1. The number of thioether (sulfide) groups is 1. The van der Waals surface area contributed by atoms with Gasteiger partial charge in [-0.05, 0) is 37.9 Å². The third-order valence-electron chi connectivity index (χ3n) is 4.49. The van der Waals surface area contributed by atoms with Crippen LogP contribution in [0.2, 0.25) is 0 Å². The number of likely N-dealkylation sites (tertiary alicyclic amines) is 1. The van der Waals surface area contributed by atoms with Crippen molar-refractivity contribution in [3.05, 3.63) is 0 Å². The Kier molecular flexibility index (Phi) is 6.21. The SMILES string of the molecule is CCSC1CCCC(NC(=O)N2CCC(C(=O)O)CC2)C1. The third kappa shape index (κ3) is 4.80. The topological polar surface area (TPSA) is 69.6 Å². The molecule has 1 aliphatic carbocycles. The summed E-state index contributed by atoms with van der Waals surface area (Å²) < 4.78 is 0. The van der Waals surface area contributed by atoms with E-state index >= 15 is 0 Å². The minimum absolute atomic E-state index is 0.00835. The van der Waals surface area contributed by atoms with Crippen molar-refractivity contribution >= 4 is 23.8 Å². The lowest BCUT2D eigenvalue weighted by Gasteiger charge is -2.34. The first kappa shape index (κ1) is 16.5. The largest absolute Gasteiger partial charge is 0.481 e. The standard InChI is InChI=1S/C15H26N2O3S/c1-2-21-13-5-3-4-12(10-13)16-15(20)17-8-6-11(7-9-17)14(18)19/h11-13H,2-10H2,1H3,(H,16,20)(H,18,19). The summed E-state index contributed by atoms with van der Waals surface area (Å²) >= 11 is 1.99. The van der Waals surface area contributed by atoms with Crippen molar-refractivity contribution in [2.45, 2.75) is 56.7 Å². The first-order valence-corrected chi connectivity index (χ1v) is 9.04. The maximum Gasteiger partial charge on any atom is 0.317 e. The molecule has 5 nitrogen and oxygen atoms in total. The Labute approximate surface area is 130 Å². The molecular formula is C15H26N2O3S. The van der Waals surface area contributed by atoms with Crippen LogP contribution in [0, 0.1) is 5.92 Å². The van der Waals surface area contributed by atoms with E-state index in [1.54, 1.807) is 4.90 Å². The summed E-state index contributed by atoms with van der Waals surface area (Å²) in [5, 5.41) is 12.8. The minimum Gasteiger partial charge on any atom is -0.481 e. The first-order chi connectivity index (χ1) is 10.1. The molecule has 0 spiro atoms. The Morgan fingerprint density at radius 3 is 2.57 bits per heavy atom. The van der Waals surface area contributed by atoms with Gasteiger partial charge in [0.1, 0.15) is 0 Å². The van der Waals surface area contributed by atoms with Gasteiger partial charge in [0.15, 0.2) is 0 Å². The van der Waals surface area contributed by atoms with Gasteiger partial charge in [0.05, 0.1) is 5.92 Å². The molecule has 2 atom stereocenters. The zero-order valence-electron chi connectivity index (χ0n) is 12.7. The second-order valence-corrected chi connectivity index (χ2v) is 7.57. The number of piperidine rings is 1. The fourth-order valence-electron chi connectivity index (χ4n) is 3.26. The molecule has 1 saturated carbocycles. The second kappa shape index (κ2) is 7.92. The number of hydrogen-bond acceptors (Lipinski definition) is 3. The molecule has 1 aliphatic heterocycles. The number of nitrogens with one attached hydrogen (secondary N) is 1. The molecule has 1 saturated heterocycles. The molecule has 1 heterocycles. The summed E-state index contributed by atoms with van der Waals surface area (Å²) in [6.45, 7) is 3.30. The average molecular weight is 314 g/mol. The van der Waals surface area contributed by atoms with Crippen LogP contribution in [0.4, 0.5) is 4.79 Å². The lowest BCUT2D eigenvalue weighted by Crippen LogP contribution is -2.49. The molecule has 21 heavy (non-hydrogen) atoms. The van der Waals surface area contributed by atoms with Crippen LogP contribution in [-0.4, -0.2) is 52.1 Å². The van der Waals surface area contributed by atoms with Crippen molar-refractivity contribution in [1.82, 2.24) is 10.2 Å². The number of aliphatic carboxylic acids is 1. The number of rotatable bonds is 4. The summed E-state index contributed by atoms with van der Waals surface area (Å²) in [6.07, 6.45) is 5.72. The van der Waals surface area contributed by atoms with Crippen LogP contribution in [0.15, 0.2) is 0 Å². The molecule has 0 aromatic heterocycles. The molecule has 0 aromatic rings. The highest BCUT2D eigenvalue weighted by Gasteiger charge is 2.29. The summed E-state index contributed by atoms with van der Waals surface area (Å²) in [5.41, 5.74) is 0. The van der Waals surface area contributed by atoms with Crippen LogP contribution in [-0.2, 0) is 4.79 Å². The van der Waals surface area contributed by atoms with Gasteiger partial charge in [0.2, 0.25) is 0 Å². The van der Waals surface area contributed by atoms with Crippen molar-refractivity contribution in [3.63, 3.8) is 0 Å². The van der Waals surface area contributed by atoms with E-state index in [0.717, 1.165) is 18.6 Å². The maximum atomic E-state index is 12.3. The number of urea groups is 1. The molecule has 2 rings (SSSR count). The van der Waals surface area contributed by atoms with Crippen LogP contribution < -0.4 is 5.32 Å². The fraction of sp³-hybridized carbons (Fsp3) is 0.867. The lowest BCUT2D eigenvalue weighted by atomic mass is 9.95. The highest BCUT2D eigenvalue weighted by Crippen LogP contribution is 2.28. The van der Waals surface area contributed by atoms with Crippen molar-refractivity contribution < 1.29 is 14.7 Å². The number of amides is 2. The smallest absolute Gasteiger partial charge is 0.317 e. The third-order valence-corrected chi connectivity index (χ3v) is 5.72. The minimum atomic E-state index is -0.734. The van der Waals surface area contributed by atoms with Crippen LogP contribution >= 0.6 is 11.8 Å². The molecule has 0 bridgehead atoms. The number of carbonyl (C=O) groups excluding carboxylic acids is 1. The molecule has 2 unspecified atom stereocenters. The van der Waals surface area contributed by atoms with Gasteiger partial charge >= 0.3 is 12.0 Å². The molecule has 0 aromatic carbocycles. The number of carboxylic acids is 1. The van der Waals surface area contributed by atoms with Gasteiger partial charge in [0, 0.05) is 24.4 Å². The van der Waals surface area contributed by atoms with Gasteiger partial charge < -0.3 is 15.3 Å². The van der Waals surface area contributed by atoms with E-state index in [0.29, 0.717) is 31.2 Å². The predicted octanol–water partition coefficient (Wildman–Crippen LogP) is 2.56. The van der Waals surface area contributed by atoms with Crippen LogP contribution in [0.3, 0.4) is 0 Å². The van der Waals surface area contributed by atoms with Gasteiger partial charge in [0.25, 0.3) is 0 Å². The molecule has 6 heteroatoms. The average Bonchev–Trinajstić information content (AvgIpc) is 2.48. The van der Waals surface area contributed by atoms with Crippen molar-refractivity contribution in [2.24, 2.45) is 5.92 Å². The highest BCUT2D eigenvalue weighted by molar-refractivity contribution is 7.99. The van der Waals surface area contributed by atoms with Crippen molar-refractivity contribution in [2.75, 3.05) is 18.8 Å². The van der Waals surface area contributed by atoms with Crippen LogP contribution in [0.1, 0.15) is 45.4 Å². The number of nitrogens with zero attached hydrogens (tertiary/aromatic N) is 1. The second-order valence-electron chi connectivity index (χ2n) is 5.99. The van der Waals surface area contributed by atoms with Gasteiger partial charge in [-0.3, -0.25) is 4.79 Å². The summed E-state index contributed by atoms with van der Waals surface area (Å²) in [5.74, 6) is 0.115. The highest BCUT2D eigenvalue weighted by atomic mass is 32.2.